The Morgan fingerprint density at radius 2 is 2.04 bits per heavy atom. The van der Waals surface area contributed by atoms with Gasteiger partial charge in [0, 0.05) is 29.5 Å². The van der Waals surface area contributed by atoms with Crippen molar-refractivity contribution in [3.05, 3.63) is 22.7 Å². The lowest BCUT2D eigenvalue weighted by atomic mass is 9.86. The van der Waals surface area contributed by atoms with E-state index in [1.807, 2.05) is 33.9 Å². The summed E-state index contributed by atoms with van der Waals surface area (Å²) < 4.78 is 8.61. The van der Waals surface area contributed by atoms with Gasteiger partial charge in [-0.1, -0.05) is 0 Å². The molecule has 0 unspecified atom stereocenters. The molecule has 0 radical (unpaired) electrons. The number of halogens is 1. The average Bonchev–Trinajstić information content (AvgIpc) is 2.83. The monoisotopic (exact) mass is 422 g/mol. The van der Waals surface area contributed by atoms with Gasteiger partial charge in [-0.15, -0.1) is 0 Å². The maximum Gasteiger partial charge on any atom is 0.407 e. The molecular formula is C19H27BrN4O2. The van der Waals surface area contributed by atoms with Gasteiger partial charge in [0.05, 0.1) is 5.39 Å². The standard InChI is InChI=1S/C19H27BrN4O2/c1-12-21-9-15-16(20)11-24(17(15)22-12)10-13-5-7-14(8-6-13)23-18(25)26-19(2,3)4/h9,11,13-14H,5-8,10H2,1-4H3,(H,23,25). The Balaban J connectivity index is 1.56. The van der Waals surface area contributed by atoms with E-state index >= 15 is 0 Å². The molecule has 2 aromatic heterocycles. The van der Waals surface area contributed by atoms with Gasteiger partial charge in [-0.05, 0) is 75.2 Å². The van der Waals surface area contributed by atoms with Crippen LogP contribution < -0.4 is 5.32 Å². The molecule has 0 bridgehead atoms. The Morgan fingerprint density at radius 1 is 1.35 bits per heavy atom. The van der Waals surface area contributed by atoms with Gasteiger partial charge in [0.15, 0.2) is 0 Å². The number of rotatable bonds is 3. The number of alkyl carbamates (subject to hydrolysis) is 1. The summed E-state index contributed by atoms with van der Waals surface area (Å²) in [6.45, 7) is 8.51. The molecule has 0 aromatic carbocycles. The highest BCUT2D eigenvalue weighted by Gasteiger charge is 2.25. The van der Waals surface area contributed by atoms with Gasteiger partial charge in [0.25, 0.3) is 0 Å². The van der Waals surface area contributed by atoms with E-state index in [4.69, 9.17) is 4.74 Å². The van der Waals surface area contributed by atoms with Crippen molar-refractivity contribution in [3.8, 4) is 0 Å². The number of aryl methyl sites for hydroxylation is 1. The lowest BCUT2D eigenvalue weighted by molar-refractivity contribution is 0.0486. The molecule has 2 aromatic rings. The van der Waals surface area contributed by atoms with Crippen LogP contribution in [0.3, 0.4) is 0 Å². The van der Waals surface area contributed by atoms with Crippen LogP contribution in [-0.4, -0.2) is 32.3 Å². The second-order valence-electron chi connectivity index (χ2n) is 8.15. The third kappa shape index (κ3) is 4.75. The van der Waals surface area contributed by atoms with Crippen LogP contribution in [0.2, 0.25) is 0 Å². The van der Waals surface area contributed by atoms with Crippen molar-refractivity contribution in [2.24, 2.45) is 5.92 Å². The number of hydrogen-bond acceptors (Lipinski definition) is 4. The molecule has 1 N–H and O–H groups in total. The van der Waals surface area contributed by atoms with Crippen molar-refractivity contribution in [1.29, 1.82) is 0 Å². The van der Waals surface area contributed by atoms with Crippen LogP contribution in [-0.2, 0) is 11.3 Å². The minimum Gasteiger partial charge on any atom is -0.444 e. The van der Waals surface area contributed by atoms with Gasteiger partial charge in [-0.25, -0.2) is 14.8 Å². The summed E-state index contributed by atoms with van der Waals surface area (Å²) >= 11 is 3.61. The second kappa shape index (κ2) is 7.55. The first kappa shape index (κ1) is 19.1. The number of amides is 1. The van der Waals surface area contributed by atoms with E-state index in [1.165, 1.54) is 0 Å². The highest BCUT2D eigenvalue weighted by atomic mass is 79.9. The van der Waals surface area contributed by atoms with Crippen LogP contribution in [0.4, 0.5) is 4.79 Å². The van der Waals surface area contributed by atoms with Crippen LogP contribution in [0.1, 0.15) is 52.3 Å². The van der Waals surface area contributed by atoms with Crippen LogP contribution in [0.15, 0.2) is 16.9 Å². The lowest BCUT2D eigenvalue weighted by Crippen LogP contribution is -2.41. The molecule has 0 atom stereocenters. The van der Waals surface area contributed by atoms with Crippen LogP contribution >= 0.6 is 15.9 Å². The van der Waals surface area contributed by atoms with E-state index in [-0.39, 0.29) is 12.1 Å². The molecule has 0 spiro atoms. The molecule has 6 nitrogen and oxygen atoms in total. The molecular weight excluding hydrogens is 396 g/mol. The molecule has 1 saturated carbocycles. The zero-order chi connectivity index (χ0) is 18.9. The summed E-state index contributed by atoms with van der Waals surface area (Å²) in [5.41, 5.74) is 0.530. The third-order valence-corrected chi connectivity index (χ3v) is 5.34. The van der Waals surface area contributed by atoms with E-state index < -0.39 is 5.60 Å². The minimum absolute atomic E-state index is 0.207. The number of nitrogens with zero attached hydrogens (tertiary/aromatic N) is 3. The van der Waals surface area contributed by atoms with Crippen LogP contribution in [0.25, 0.3) is 11.0 Å². The predicted octanol–water partition coefficient (Wildman–Crippen LogP) is 4.59. The van der Waals surface area contributed by atoms with Crippen molar-refractivity contribution in [3.63, 3.8) is 0 Å². The molecule has 3 rings (SSSR count). The highest BCUT2D eigenvalue weighted by molar-refractivity contribution is 9.10. The first-order valence-electron chi connectivity index (χ1n) is 9.19. The summed E-state index contributed by atoms with van der Waals surface area (Å²) in [6, 6.07) is 0.207. The largest absolute Gasteiger partial charge is 0.444 e. The first-order chi connectivity index (χ1) is 12.2. The number of fused-ring (bicyclic) bond motifs is 1. The minimum atomic E-state index is -0.454. The zero-order valence-corrected chi connectivity index (χ0v) is 17.5. The van der Waals surface area contributed by atoms with Crippen molar-refractivity contribution in [1.82, 2.24) is 19.9 Å². The van der Waals surface area contributed by atoms with Gasteiger partial charge in [-0.3, -0.25) is 0 Å². The molecule has 0 aliphatic heterocycles. The van der Waals surface area contributed by atoms with Gasteiger partial charge in [-0.2, -0.15) is 0 Å². The third-order valence-electron chi connectivity index (χ3n) is 4.71. The predicted molar refractivity (Wildman–Crippen MR) is 105 cm³/mol. The summed E-state index contributed by atoms with van der Waals surface area (Å²) in [7, 11) is 0. The summed E-state index contributed by atoms with van der Waals surface area (Å²) in [5.74, 6) is 1.37. The lowest BCUT2D eigenvalue weighted by Gasteiger charge is -2.30. The molecule has 1 aliphatic rings. The van der Waals surface area contributed by atoms with Gasteiger partial charge in [0.2, 0.25) is 0 Å². The van der Waals surface area contributed by atoms with Crippen molar-refractivity contribution < 1.29 is 9.53 Å². The Bertz CT molecular complexity index is 789. The van der Waals surface area contributed by atoms with Crippen LogP contribution in [0, 0.1) is 12.8 Å². The SMILES string of the molecule is Cc1ncc2c(Br)cn(CC3CCC(NC(=O)OC(C)(C)C)CC3)c2n1. The molecule has 7 heteroatoms. The van der Waals surface area contributed by atoms with Gasteiger partial charge < -0.3 is 14.6 Å². The molecule has 1 fully saturated rings. The maximum atomic E-state index is 11.9. The fraction of sp³-hybridized carbons (Fsp3) is 0.632. The summed E-state index contributed by atoms with van der Waals surface area (Å²) in [6.07, 6.45) is 7.80. The number of hydrogen-bond donors (Lipinski definition) is 1. The average molecular weight is 423 g/mol. The van der Waals surface area contributed by atoms with Gasteiger partial charge >= 0.3 is 6.09 Å². The molecule has 0 saturated heterocycles. The number of carbonyl (C=O) groups is 1. The van der Waals surface area contributed by atoms with Gasteiger partial charge in [0.1, 0.15) is 17.1 Å². The smallest absolute Gasteiger partial charge is 0.407 e. The van der Waals surface area contributed by atoms with Crippen molar-refractivity contribution in [2.75, 3.05) is 0 Å². The molecule has 142 valence electrons. The van der Waals surface area contributed by atoms with Crippen molar-refractivity contribution >= 4 is 33.1 Å². The quantitative estimate of drug-likeness (QED) is 0.785. The maximum absolute atomic E-state index is 11.9. The molecule has 1 amide bonds. The van der Waals surface area contributed by atoms with Crippen molar-refractivity contribution in [2.45, 2.75) is 71.6 Å². The molecule has 1 aliphatic carbocycles. The Labute approximate surface area is 162 Å². The number of carbonyl (C=O) groups excluding carboxylic acids is 1. The zero-order valence-electron chi connectivity index (χ0n) is 15.9. The molecule has 2 heterocycles. The number of ether oxygens (including phenoxy) is 1. The van der Waals surface area contributed by atoms with E-state index in [1.54, 1.807) is 0 Å². The Kier molecular flexibility index (Phi) is 5.55. The van der Waals surface area contributed by atoms with E-state index in [9.17, 15) is 4.79 Å². The summed E-state index contributed by atoms with van der Waals surface area (Å²) in [4.78, 5) is 20.8. The summed E-state index contributed by atoms with van der Waals surface area (Å²) in [5, 5.41) is 4.06. The number of aromatic nitrogens is 3. The first-order valence-corrected chi connectivity index (χ1v) is 9.98. The number of nitrogens with one attached hydrogen (secondary N) is 1. The Hall–Kier alpha value is -1.63. The Morgan fingerprint density at radius 3 is 2.69 bits per heavy atom. The van der Waals surface area contributed by atoms with E-state index in [2.05, 4.69) is 42.0 Å². The highest BCUT2D eigenvalue weighted by Crippen LogP contribution is 2.30. The second-order valence-corrected chi connectivity index (χ2v) is 9.00. The van der Waals surface area contributed by atoms with E-state index in [0.29, 0.717) is 5.92 Å². The van der Waals surface area contributed by atoms with E-state index in [0.717, 1.165) is 53.6 Å². The molecule has 26 heavy (non-hydrogen) atoms. The fourth-order valence-corrected chi connectivity index (χ4v) is 4.02. The fourth-order valence-electron chi connectivity index (χ4n) is 3.49. The topological polar surface area (TPSA) is 69.0 Å². The normalized spacial score (nSPS) is 21.0. The van der Waals surface area contributed by atoms with Crippen LogP contribution in [0.5, 0.6) is 0 Å².